The molecule has 1 amide bonds. The van der Waals surface area contributed by atoms with Crippen LogP contribution in [0.4, 0.5) is 5.69 Å². The summed E-state index contributed by atoms with van der Waals surface area (Å²) in [5.74, 6) is -0.485. The molecular weight excluding hydrogens is 430 g/mol. The van der Waals surface area contributed by atoms with Gasteiger partial charge in [0.05, 0.1) is 17.2 Å². The molecule has 1 aromatic heterocycles. The molecule has 0 aliphatic carbocycles. The summed E-state index contributed by atoms with van der Waals surface area (Å²) in [6.45, 7) is 5.87. The lowest BCUT2D eigenvalue weighted by atomic mass is 9.99. The smallest absolute Gasteiger partial charge is 0.300 e. The maximum atomic E-state index is 13.1. The summed E-state index contributed by atoms with van der Waals surface area (Å²) < 4.78 is 11.3. The third kappa shape index (κ3) is 3.78. The van der Waals surface area contributed by atoms with E-state index < -0.39 is 17.7 Å². The number of aliphatic hydroxyl groups excluding tert-OH is 1. The maximum absolute atomic E-state index is 13.1. The Kier molecular flexibility index (Phi) is 5.80. The maximum Gasteiger partial charge on any atom is 0.300 e. The van der Waals surface area contributed by atoms with E-state index in [1.807, 2.05) is 32.0 Å². The molecule has 164 valence electrons. The lowest BCUT2D eigenvalue weighted by Gasteiger charge is -2.23. The summed E-state index contributed by atoms with van der Waals surface area (Å²) in [4.78, 5) is 27.6. The monoisotopic (exact) mass is 451 g/mol. The van der Waals surface area contributed by atoms with Crippen LogP contribution in [0.15, 0.2) is 64.6 Å². The Morgan fingerprint density at radius 3 is 2.56 bits per heavy atom. The molecule has 1 unspecified atom stereocenters. The Bertz CT molecular complexity index is 1240. The topological polar surface area (TPSA) is 80.0 Å². The number of ketones is 1. The van der Waals surface area contributed by atoms with Gasteiger partial charge in [0.1, 0.15) is 29.1 Å². The van der Waals surface area contributed by atoms with Crippen LogP contribution in [0.1, 0.15) is 35.6 Å². The first-order valence-corrected chi connectivity index (χ1v) is 10.6. The number of aliphatic hydroxyl groups is 1. The van der Waals surface area contributed by atoms with E-state index in [-0.39, 0.29) is 11.3 Å². The second-order valence-corrected chi connectivity index (χ2v) is 7.94. The Labute approximate surface area is 190 Å². The highest BCUT2D eigenvalue weighted by Gasteiger charge is 2.48. The van der Waals surface area contributed by atoms with Crippen molar-refractivity contribution in [2.24, 2.45) is 0 Å². The number of rotatable bonds is 5. The van der Waals surface area contributed by atoms with Gasteiger partial charge in [0.25, 0.3) is 11.7 Å². The molecule has 0 spiro atoms. The number of ether oxygens (including phenoxy) is 1. The molecule has 4 rings (SSSR count). The summed E-state index contributed by atoms with van der Waals surface area (Å²) in [5.41, 5.74) is 1.72. The van der Waals surface area contributed by atoms with Crippen molar-refractivity contribution in [1.82, 2.24) is 0 Å². The van der Waals surface area contributed by atoms with E-state index in [2.05, 4.69) is 0 Å². The summed E-state index contributed by atoms with van der Waals surface area (Å²) >= 11 is 6.17. The van der Waals surface area contributed by atoms with Crippen molar-refractivity contribution in [2.75, 3.05) is 11.5 Å². The molecule has 7 heteroatoms. The van der Waals surface area contributed by atoms with Crippen molar-refractivity contribution < 1.29 is 23.8 Å². The number of aryl methyl sites for hydroxylation is 2. The second-order valence-electron chi connectivity index (χ2n) is 7.53. The Morgan fingerprint density at radius 1 is 1.12 bits per heavy atom. The third-order valence-electron chi connectivity index (χ3n) is 5.26. The Balaban J connectivity index is 1.92. The molecule has 1 saturated heterocycles. The highest BCUT2D eigenvalue weighted by Crippen LogP contribution is 2.43. The van der Waals surface area contributed by atoms with Gasteiger partial charge >= 0.3 is 0 Å². The normalized spacial score (nSPS) is 17.8. The second kappa shape index (κ2) is 8.55. The highest BCUT2D eigenvalue weighted by molar-refractivity contribution is 6.51. The fraction of sp³-hybridized carbons (Fsp3) is 0.200. The Morgan fingerprint density at radius 2 is 1.91 bits per heavy atom. The summed E-state index contributed by atoms with van der Waals surface area (Å²) in [7, 11) is 0. The van der Waals surface area contributed by atoms with Gasteiger partial charge in [-0.2, -0.15) is 0 Å². The number of anilines is 1. The average Bonchev–Trinajstić information content (AvgIpc) is 3.30. The molecule has 6 nitrogen and oxygen atoms in total. The van der Waals surface area contributed by atoms with Gasteiger partial charge < -0.3 is 14.3 Å². The number of carbonyl (C=O) groups excluding carboxylic acids is 2. The van der Waals surface area contributed by atoms with E-state index in [1.54, 1.807) is 43.3 Å². The molecule has 0 radical (unpaired) electrons. The van der Waals surface area contributed by atoms with Gasteiger partial charge in [-0.25, -0.2) is 0 Å². The van der Waals surface area contributed by atoms with Gasteiger partial charge in [-0.1, -0.05) is 23.7 Å². The number of benzene rings is 2. The van der Waals surface area contributed by atoms with Crippen molar-refractivity contribution in [3.8, 4) is 5.75 Å². The standard InChI is InChI=1S/C25H22ClNO5/c1-4-31-20-13-16(9-10-18(20)26)23(28)21-22(19-11-8-15(3)32-19)27(25(30)24(21)29)17-7-5-6-14(2)12-17/h5-13,22,28H,4H2,1-3H3/b23-21-. The van der Waals surface area contributed by atoms with Crippen LogP contribution in [0.3, 0.4) is 0 Å². The van der Waals surface area contributed by atoms with Crippen LogP contribution in [0, 0.1) is 13.8 Å². The van der Waals surface area contributed by atoms with Crippen LogP contribution in [0.25, 0.3) is 5.76 Å². The number of amides is 1. The zero-order chi connectivity index (χ0) is 23.0. The zero-order valence-corrected chi connectivity index (χ0v) is 18.6. The molecule has 1 fully saturated rings. The molecule has 3 aromatic rings. The van der Waals surface area contributed by atoms with Gasteiger partial charge in [-0.3, -0.25) is 14.5 Å². The molecule has 1 aliphatic rings. The number of halogens is 1. The van der Waals surface area contributed by atoms with Gasteiger partial charge in [0.2, 0.25) is 0 Å². The van der Waals surface area contributed by atoms with Crippen LogP contribution < -0.4 is 9.64 Å². The van der Waals surface area contributed by atoms with Gasteiger partial charge in [0, 0.05) is 11.3 Å². The summed E-state index contributed by atoms with van der Waals surface area (Å²) in [6, 6.07) is 14.5. The number of Topliss-reactive ketones (excluding diaryl/α,β-unsaturated/α-hetero) is 1. The fourth-order valence-corrected chi connectivity index (χ4v) is 3.99. The van der Waals surface area contributed by atoms with E-state index >= 15 is 0 Å². The minimum atomic E-state index is -0.920. The first-order valence-electron chi connectivity index (χ1n) is 10.2. The van der Waals surface area contributed by atoms with E-state index in [0.717, 1.165) is 5.56 Å². The van der Waals surface area contributed by atoms with Gasteiger partial charge in [-0.15, -0.1) is 0 Å². The molecular formula is C25H22ClNO5. The van der Waals surface area contributed by atoms with Crippen LogP contribution in [-0.4, -0.2) is 23.4 Å². The van der Waals surface area contributed by atoms with E-state index in [1.165, 1.54) is 4.90 Å². The number of nitrogens with zero attached hydrogens (tertiary/aromatic N) is 1. The van der Waals surface area contributed by atoms with Crippen molar-refractivity contribution >= 4 is 34.7 Å². The molecule has 1 N–H and O–H groups in total. The summed E-state index contributed by atoms with van der Waals surface area (Å²) in [5, 5.41) is 11.6. The zero-order valence-electron chi connectivity index (χ0n) is 17.9. The van der Waals surface area contributed by atoms with Crippen molar-refractivity contribution in [3.05, 3.63) is 87.8 Å². The minimum Gasteiger partial charge on any atom is -0.507 e. The molecule has 2 aromatic carbocycles. The predicted molar refractivity (Wildman–Crippen MR) is 122 cm³/mol. The number of carbonyl (C=O) groups is 2. The van der Waals surface area contributed by atoms with E-state index in [9.17, 15) is 14.7 Å². The number of furan rings is 1. The van der Waals surface area contributed by atoms with E-state index in [0.29, 0.717) is 40.2 Å². The van der Waals surface area contributed by atoms with Crippen molar-refractivity contribution in [1.29, 1.82) is 0 Å². The SMILES string of the molecule is CCOc1cc(/C(O)=C2/C(=O)C(=O)N(c3cccc(C)c3)C2c2ccc(C)o2)ccc1Cl. The minimum absolute atomic E-state index is 0.0596. The number of hydrogen-bond acceptors (Lipinski definition) is 5. The quantitative estimate of drug-likeness (QED) is 0.311. The van der Waals surface area contributed by atoms with Crippen LogP contribution in [0.5, 0.6) is 5.75 Å². The summed E-state index contributed by atoms with van der Waals surface area (Å²) in [6.07, 6.45) is 0. The van der Waals surface area contributed by atoms with Crippen LogP contribution >= 0.6 is 11.6 Å². The van der Waals surface area contributed by atoms with Crippen molar-refractivity contribution in [2.45, 2.75) is 26.8 Å². The van der Waals surface area contributed by atoms with E-state index in [4.69, 9.17) is 20.8 Å². The molecule has 0 saturated carbocycles. The third-order valence-corrected chi connectivity index (χ3v) is 5.57. The molecule has 32 heavy (non-hydrogen) atoms. The largest absolute Gasteiger partial charge is 0.507 e. The molecule has 1 atom stereocenters. The lowest BCUT2D eigenvalue weighted by molar-refractivity contribution is -0.132. The highest BCUT2D eigenvalue weighted by atomic mass is 35.5. The first-order chi connectivity index (χ1) is 15.3. The van der Waals surface area contributed by atoms with Gasteiger partial charge in [-0.05, 0) is 68.8 Å². The number of hydrogen-bond donors (Lipinski definition) is 1. The van der Waals surface area contributed by atoms with Crippen LogP contribution in [-0.2, 0) is 9.59 Å². The Hall–Kier alpha value is -3.51. The predicted octanol–water partition coefficient (Wildman–Crippen LogP) is 5.57. The van der Waals surface area contributed by atoms with Crippen LogP contribution in [0.2, 0.25) is 5.02 Å². The van der Waals surface area contributed by atoms with Gasteiger partial charge in [0.15, 0.2) is 0 Å². The molecule has 1 aliphatic heterocycles. The molecule has 0 bridgehead atoms. The average molecular weight is 452 g/mol. The fourth-order valence-electron chi connectivity index (χ4n) is 3.82. The van der Waals surface area contributed by atoms with Crippen molar-refractivity contribution in [3.63, 3.8) is 0 Å². The molecule has 2 heterocycles. The first kappa shape index (κ1) is 21.7. The lowest BCUT2D eigenvalue weighted by Crippen LogP contribution is -2.29.